The molecule has 0 amide bonds. The van der Waals surface area contributed by atoms with Crippen LogP contribution in [-0.2, 0) is 0 Å². The van der Waals surface area contributed by atoms with E-state index in [1.165, 1.54) is 0 Å². The molecular formula is C49H29N7. The predicted octanol–water partition coefficient (Wildman–Crippen LogP) is 11.4. The third kappa shape index (κ3) is 5.79. The predicted molar refractivity (Wildman–Crippen MR) is 223 cm³/mol. The molecular weight excluding hydrogens is 687 g/mol. The normalized spacial score (nSPS) is 11.2. The molecule has 7 heteroatoms. The van der Waals surface area contributed by atoms with Crippen LogP contribution < -0.4 is 0 Å². The number of nitriles is 1. The lowest BCUT2D eigenvalue weighted by molar-refractivity contribution is 1.07. The van der Waals surface area contributed by atoms with E-state index in [2.05, 4.69) is 18.2 Å². The molecule has 260 valence electrons. The monoisotopic (exact) mass is 715 g/mol. The van der Waals surface area contributed by atoms with Crippen molar-refractivity contribution >= 4 is 32.7 Å². The molecule has 0 spiro atoms. The van der Waals surface area contributed by atoms with Crippen LogP contribution in [0.15, 0.2) is 176 Å². The highest BCUT2D eigenvalue weighted by Gasteiger charge is 2.22. The fourth-order valence-corrected chi connectivity index (χ4v) is 7.27. The quantitative estimate of drug-likeness (QED) is 0.158. The first-order chi connectivity index (χ1) is 27.7. The van der Waals surface area contributed by atoms with Gasteiger partial charge in [-0.15, -0.1) is 0 Å². The topological polar surface area (TPSA) is 101 Å². The van der Waals surface area contributed by atoms with E-state index in [4.69, 9.17) is 29.9 Å². The van der Waals surface area contributed by atoms with Crippen molar-refractivity contribution in [3.8, 4) is 74.0 Å². The lowest BCUT2D eigenvalue weighted by Gasteiger charge is -2.16. The first-order valence-electron chi connectivity index (χ1n) is 18.3. The van der Waals surface area contributed by atoms with Crippen LogP contribution in [0.2, 0.25) is 0 Å². The highest BCUT2D eigenvalue weighted by atomic mass is 15.0. The summed E-state index contributed by atoms with van der Waals surface area (Å²) in [4.78, 5) is 30.5. The van der Waals surface area contributed by atoms with Crippen LogP contribution in [0.3, 0.4) is 0 Å². The van der Waals surface area contributed by atoms with E-state index in [9.17, 15) is 5.26 Å². The van der Waals surface area contributed by atoms with Crippen LogP contribution >= 0.6 is 0 Å². The number of para-hydroxylation sites is 1. The van der Waals surface area contributed by atoms with Crippen molar-refractivity contribution in [2.24, 2.45) is 0 Å². The molecule has 0 fully saturated rings. The summed E-state index contributed by atoms with van der Waals surface area (Å²) in [7, 11) is 0. The number of fused-ring (bicyclic) bond motifs is 5. The van der Waals surface area contributed by atoms with Gasteiger partial charge in [0.2, 0.25) is 0 Å². The first-order valence-corrected chi connectivity index (χ1v) is 18.3. The molecule has 0 radical (unpaired) electrons. The third-order valence-electron chi connectivity index (χ3n) is 9.93. The summed E-state index contributed by atoms with van der Waals surface area (Å²) in [6.07, 6.45) is 0. The average molecular weight is 716 g/mol. The molecule has 3 heterocycles. The minimum Gasteiger partial charge on any atom is -0.247 e. The van der Waals surface area contributed by atoms with Crippen molar-refractivity contribution in [2.75, 3.05) is 0 Å². The Bertz CT molecular complexity index is 3050. The summed E-state index contributed by atoms with van der Waals surface area (Å²) in [5.41, 5.74) is 10.2. The Morgan fingerprint density at radius 1 is 0.339 bits per heavy atom. The molecule has 0 bridgehead atoms. The van der Waals surface area contributed by atoms with E-state index in [1.807, 2.05) is 164 Å². The van der Waals surface area contributed by atoms with Crippen LogP contribution in [-0.4, -0.2) is 29.9 Å². The van der Waals surface area contributed by atoms with E-state index < -0.39 is 0 Å². The maximum atomic E-state index is 10.7. The van der Waals surface area contributed by atoms with Crippen molar-refractivity contribution in [3.63, 3.8) is 0 Å². The molecule has 0 N–H and O–H groups in total. The minimum absolute atomic E-state index is 0.475. The van der Waals surface area contributed by atoms with E-state index in [0.717, 1.165) is 66.4 Å². The van der Waals surface area contributed by atoms with Gasteiger partial charge in [-0.1, -0.05) is 164 Å². The standard InChI is InChI=1S/C49H29N7/c50-30-37-29-40-46(53-45(32-17-7-2-8-18-32)44(52-40)31-15-5-1-6-16-31)42-38-23-13-14-24-39(38)51-43(41(37)42)33-25-27-36(28-26-33)49-55-47(34-19-9-3-10-20-34)54-48(56-49)35-21-11-4-12-22-35/h1-29H. The summed E-state index contributed by atoms with van der Waals surface area (Å²) in [5, 5.41) is 13.2. The van der Waals surface area contributed by atoms with Crippen LogP contribution in [0.4, 0.5) is 0 Å². The van der Waals surface area contributed by atoms with Gasteiger partial charge in [-0.05, 0) is 12.1 Å². The summed E-state index contributed by atoms with van der Waals surface area (Å²) in [5.74, 6) is 1.75. The maximum absolute atomic E-state index is 10.7. The van der Waals surface area contributed by atoms with Gasteiger partial charge in [0, 0.05) is 49.5 Å². The van der Waals surface area contributed by atoms with Crippen molar-refractivity contribution in [2.45, 2.75) is 0 Å². The van der Waals surface area contributed by atoms with E-state index in [0.29, 0.717) is 39.8 Å². The molecule has 56 heavy (non-hydrogen) atoms. The van der Waals surface area contributed by atoms with Gasteiger partial charge in [-0.3, -0.25) is 0 Å². The maximum Gasteiger partial charge on any atom is 0.164 e. The molecule has 0 aliphatic carbocycles. The zero-order chi connectivity index (χ0) is 37.4. The molecule has 0 aliphatic heterocycles. The number of aromatic nitrogens is 6. The Hall–Kier alpha value is -7.95. The Kier molecular flexibility index (Phi) is 8.05. The van der Waals surface area contributed by atoms with Crippen molar-refractivity contribution < 1.29 is 0 Å². The molecule has 0 unspecified atom stereocenters. The van der Waals surface area contributed by atoms with E-state index >= 15 is 0 Å². The van der Waals surface area contributed by atoms with Crippen LogP contribution in [0.5, 0.6) is 0 Å². The number of nitrogens with zero attached hydrogens (tertiary/aromatic N) is 7. The summed E-state index contributed by atoms with van der Waals surface area (Å²) < 4.78 is 0. The third-order valence-corrected chi connectivity index (χ3v) is 9.93. The Labute approximate surface area is 322 Å². The second-order valence-electron chi connectivity index (χ2n) is 13.4. The smallest absolute Gasteiger partial charge is 0.164 e. The van der Waals surface area contributed by atoms with Gasteiger partial charge in [-0.2, -0.15) is 5.26 Å². The van der Waals surface area contributed by atoms with E-state index in [-0.39, 0.29) is 0 Å². The van der Waals surface area contributed by atoms with Crippen LogP contribution in [0.1, 0.15) is 5.56 Å². The Morgan fingerprint density at radius 3 is 1.29 bits per heavy atom. The Morgan fingerprint density at radius 2 is 0.750 bits per heavy atom. The highest BCUT2D eigenvalue weighted by Crippen LogP contribution is 2.41. The van der Waals surface area contributed by atoms with Gasteiger partial charge in [-0.25, -0.2) is 29.9 Å². The van der Waals surface area contributed by atoms with Crippen LogP contribution in [0, 0.1) is 11.3 Å². The zero-order valence-electron chi connectivity index (χ0n) is 29.9. The number of hydrogen-bond donors (Lipinski definition) is 0. The van der Waals surface area contributed by atoms with Gasteiger partial charge < -0.3 is 0 Å². The van der Waals surface area contributed by atoms with Crippen molar-refractivity contribution in [1.29, 1.82) is 5.26 Å². The van der Waals surface area contributed by atoms with Gasteiger partial charge in [0.1, 0.15) is 0 Å². The lowest BCUT2D eigenvalue weighted by Crippen LogP contribution is -2.00. The Balaban J connectivity index is 1.19. The number of pyridine rings is 1. The molecule has 0 aliphatic rings. The largest absolute Gasteiger partial charge is 0.247 e. The summed E-state index contributed by atoms with van der Waals surface area (Å²) >= 11 is 0. The minimum atomic E-state index is 0.475. The number of rotatable bonds is 6. The van der Waals surface area contributed by atoms with E-state index in [1.54, 1.807) is 0 Å². The SMILES string of the molecule is N#Cc1cc2nc(-c3ccccc3)c(-c3ccccc3)nc2c2c1c(-c1ccc(-c3nc(-c4ccccc4)nc(-c4ccccc4)n3)cc1)nc1ccccc12. The molecule has 0 saturated heterocycles. The summed E-state index contributed by atoms with van der Waals surface area (Å²) in [6, 6.07) is 60.5. The fourth-order valence-electron chi connectivity index (χ4n) is 7.27. The van der Waals surface area contributed by atoms with Gasteiger partial charge in [0.05, 0.1) is 45.3 Å². The van der Waals surface area contributed by atoms with Gasteiger partial charge in [0.25, 0.3) is 0 Å². The first kappa shape index (κ1) is 32.7. The molecule has 0 atom stereocenters. The molecule has 3 aromatic heterocycles. The summed E-state index contributed by atoms with van der Waals surface area (Å²) in [6.45, 7) is 0. The number of hydrogen-bond acceptors (Lipinski definition) is 7. The van der Waals surface area contributed by atoms with Crippen molar-refractivity contribution in [3.05, 3.63) is 181 Å². The molecule has 7 aromatic carbocycles. The highest BCUT2D eigenvalue weighted by molar-refractivity contribution is 6.22. The molecule has 7 nitrogen and oxygen atoms in total. The fraction of sp³-hybridized carbons (Fsp3) is 0. The van der Waals surface area contributed by atoms with Crippen LogP contribution in [0.25, 0.3) is 101 Å². The lowest BCUT2D eigenvalue weighted by atomic mass is 9.94. The number of benzene rings is 7. The van der Waals surface area contributed by atoms with Gasteiger partial charge >= 0.3 is 0 Å². The average Bonchev–Trinajstić information content (AvgIpc) is 3.29. The molecule has 10 aromatic rings. The molecule has 10 rings (SSSR count). The zero-order valence-corrected chi connectivity index (χ0v) is 29.9. The van der Waals surface area contributed by atoms with Gasteiger partial charge in [0.15, 0.2) is 17.5 Å². The second-order valence-corrected chi connectivity index (χ2v) is 13.4. The van der Waals surface area contributed by atoms with Crippen molar-refractivity contribution in [1.82, 2.24) is 29.9 Å². The molecule has 0 saturated carbocycles. The second kappa shape index (κ2) is 13.8.